The molecule has 2 heterocycles. The lowest BCUT2D eigenvalue weighted by molar-refractivity contribution is 0.515. The normalized spacial score (nSPS) is 11.7. The van der Waals surface area contributed by atoms with Crippen molar-refractivity contribution in [3.8, 4) is 0 Å². The number of rotatable bonds is 2. The maximum atomic E-state index is 11.9. The molecule has 0 spiro atoms. The van der Waals surface area contributed by atoms with Gasteiger partial charge in [0.25, 0.3) is 5.56 Å². The molecule has 0 saturated heterocycles. The lowest BCUT2D eigenvalue weighted by Gasteiger charge is -2.01. The predicted molar refractivity (Wildman–Crippen MR) is 77.1 cm³/mol. The van der Waals surface area contributed by atoms with Crippen molar-refractivity contribution < 1.29 is 5.11 Å². The Balaban J connectivity index is 2.11. The summed E-state index contributed by atoms with van der Waals surface area (Å²) in [6.07, 6.45) is 2.93. The Morgan fingerprint density at radius 3 is 2.75 bits per heavy atom. The van der Waals surface area contributed by atoms with Crippen LogP contribution < -0.4 is 5.56 Å². The lowest BCUT2D eigenvalue weighted by Crippen LogP contribution is -2.12. The molecule has 0 aliphatic rings. The van der Waals surface area contributed by atoms with Crippen LogP contribution in [0.3, 0.4) is 0 Å². The van der Waals surface area contributed by atoms with E-state index >= 15 is 0 Å². The van der Waals surface area contributed by atoms with E-state index in [1.165, 1.54) is 6.08 Å². The fraction of sp³-hybridized carbons (Fsp3) is 0. The van der Waals surface area contributed by atoms with Crippen LogP contribution in [0.5, 0.6) is 0 Å². The Morgan fingerprint density at radius 2 is 1.95 bits per heavy atom. The van der Waals surface area contributed by atoms with Gasteiger partial charge in [0.05, 0.1) is 0 Å². The molecular weight excluding hydrogens is 254 g/mol. The minimum Gasteiger partial charge on any atom is -0.507 e. The number of pyridine rings is 1. The second kappa shape index (κ2) is 4.97. The van der Waals surface area contributed by atoms with Crippen molar-refractivity contribution >= 4 is 23.0 Å². The zero-order chi connectivity index (χ0) is 13.9. The molecule has 0 radical (unpaired) electrons. The Morgan fingerprint density at radius 1 is 1.15 bits per heavy atom. The van der Waals surface area contributed by atoms with E-state index in [4.69, 9.17) is 0 Å². The zero-order valence-corrected chi connectivity index (χ0v) is 10.4. The zero-order valence-electron chi connectivity index (χ0n) is 10.4. The van der Waals surface area contributed by atoms with E-state index in [1.807, 2.05) is 6.07 Å². The summed E-state index contributed by atoms with van der Waals surface area (Å²) in [4.78, 5) is 22.7. The minimum absolute atomic E-state index is 0.00756. The molecule has 2 aromatic heterocycles. The number of aromatic nitrogens is 3. The van der Waals surface area contributed by atoms with Gasteiger partial charge in [-0.1, -0.05) is 30.3 Å². The van der Waals surface area contributed by atoms with E-state index in [-0.39, 0.29) is 11.5 Å². The average Bonchev–Trinajstić information content (AvgIpc) is 2.49. The average molecular weight is 265 g/mol. The number of nitrogens with zero attached hydrogens (tertiary/aromatic N) is 2. The molecule has 98 valence electrons. The van der Waals surface area contributed by atoms with Crippen LogP contribution in [0.2, 0.25) is 0 Å². The van der Waals surface area contributed by atoms with Crippen molar-refractivity contribution in [1.82, 2.24) is 15.0 Å². The van der Waals surface area contributed by atoms with Crippen molar-refractivity contribution in [2.24, 2.45) is 0 Å². The quantitative estimate of drug-likeness (QED) is 0.697. The first-order valence-electron chi connectivity index (χ1n) is 6.05. The Labute approximate surface area is 114 Å². The third-order valence-electron chi connectivity index (χ3n) is 2.83. The minimum atomic E-state index is -0.390. The highest BCUT2D eigenvalue weighted by Crippen LogP contribution is 2.13. The van der Waals surface area contributed by atoms with Crippen LogP contribution >= 0.6 is 0 Å². The van der Waals surface area contributed by atoms with Crippen LogP contribution in [0.15, 0.2) is 53.5 Å². The van der Waals surface area contributed by atoms with Gasteiger partial charge < -0.3 is 10.1 Å². The summed E-state index contributed by atoms with van der Waals surface area (Å²) < 4.78 is 0. The predicted octanol–water partition coefficient (Wildman–Crippen LogP) is 2.37. The van der Waals surface area contributed by atoms with Gasteiger partial charge in [-0.15, -0.1) is 0 Å². The van der Waals surface area contributed by atoms with E-state index < -0.39 is 5.56 Å². The van der Waals surface area contributed by atoms with E-state index in [9.17, 15) is 9.90 Å². The standard InChI is InChI=1S/C15H11N3O2/c19-13(10-5-2-1-3-6-10)9-12-15(20)18-14-11(17-12)7-4-8-16-14/h1-9,19H,(H,16,18,20)/b13-9-. The molecule has 0 saturated carbocycles. The molecule has 1 aromatic carbocycles. The fourth-order valence-corrected chi connectivity index (χ4v) is 1.86. The maximum Gasteiger partial charge on any atom is 0.275 e. The van der Waals surface area contributed by atoms with Crippen LogP contribution in [0.25, 0.3) is 23.0 Å². The highest BCUT2D eigenvalue weighted by molar-refractivity contribution is 5.77. The Bertz CT molecular complexity index is 838. The van der Waals surface area contributed by atoms with Gasteiger partial charge in [-0.25, -0.2) is 9.97 Å². The summed E-state index contributed by atoms with van der Waals surface area (Å²) in [5.74, 6) is -0.00756. The van der Waals surface area contributed by atoms with Gasteiger partial charge in [0.15, 0.2) is 5.65 Å². The third-order valence-corrected chi connectivity index (χ3v) is 2.83. The summed E-state index contributed by atoms with van der Waals surface area (Å²) in [5.41, 5.74) is 1.37. The van der Waals surface area contributed by atoms with E-state index in [1.54, 1.807) is 42.6 Å². The highest BCUT2D eigenvalue weighted by atomic mass is 16.3. The van der Waals surface area contributed by atoms with Crippen LogP contribution in [-0.4, -0.2) is 20.1 Å². The number of aliphatic hydroxyl groups is 1. The van der Waals surface area contributed by atoms with Gasteiger partial charge in [-0.3, -0.25) is 4.79 Å². The molecule has 5 heteroatoms. The van der Waals surface area contributed by atoms with Crippen LogP contribution in [-0.2, 0) is 0 Å². The van der Waals surface area contributed by atoms with Gasteiger partial charge in [0, 0.05) is 17.8 Å². The molecule has 0 atom stereocenters. The SMILES string of the molecule is O=c1[nH]c2ncccc2nc1/C=C(\O)c1ccccc1. The molecular formula is C15H11N3O2. The number of nitrogens with one attached hydrogen (secondary N) is 1. The molecule has 0 fully saturated rings. The molecule has 3 rings (SSSR count). The van der Waals surface area contributed by atoms with Crippen LogP contribution in [0, 0.1) is 0 Å². The summed E-state index contributed by atoms with van der Waals surface area (Å²) in [5, 5.41) is 10.0. The summed E-state index contributed by atoms with van der Waals surface area (Å²) >= 11 is 0. The monoisotopic (exact) mass is 265 g/mol. The van der Waals surface area contributed by atoms with E-state index in [0.29, 0.717) is 16.7 Å². The van der Waals surface area contributed by atoms with Gasteiger partial charge in [0.1, 0.15) is 17.0 Å². The van der Waals surface area contributed by atoms with Crippen molar-refractivity contribution in [3.05, 3.63) is 70.3 Å². The number of fused-ring (bicyclic) bond motifs is 1. The highest BCUT2D eigenvalue weighted by Gasteiger charge is 2.05. The number of hydrogen-bond donors (Lipinski definition) is 2. The first-order valence-corrected chi connectivity index (χ1v) is 6.05. The molecule has 5 nitrogen and oxygen atoms in total. The van der Waals surface area contributed by atoms with Crippen LogP contribution in [0.1, 0.15) is 11.3 Å². The number of hydrogen-bond acceptors (Lipinski definition) is 4. The first kappa shape index (κ1) is 12.1. The number of H-pyrrole nitrogens is 1. The molecule has 0 aliphatic carbocycles. The largest absolute Gasteiger partial charge is 0.507 e. The lowest BCUT2D eigenvalue weighted by atomic mass is 10.1. The molecule has 0 bridgehead atoms. The van der Waals surface area contributed by atoms with E-state index in [2.05, 4.69) is 15.0 Å². The maximum absolute atomic E-state index is 11.9. The Kier molecular flexibility index (Phi) is 3.01. The van der Waals surface area contributed by atoms with E-state index in [0.717, 1.165) is 0 Å². The van der Waals surface area contributed by atoms with Gasteiger partial charge in [-0.05, 0) is 12.1 Å². The first-order chi connectivity index (χ1) is 9.74. The van der Waals surface area contributed by atoms with Crippen LogP contribution in [0.4, 0.5) is 0 Å². The van der Waals surface area contributed by atoms with Crippen molar-refractivity contribution in [3.63, 3.8) is 0 Å². The molecule has 3 aromatic rings. The molecule has 2 N–H and O–H groups in total. The van der Waals surface area contributed by atoms with Crippen molar-refractivity contribution in [1.29, 1.82) is 0 Å². The summed E-state index contributed by atoms with van der Waals surface area (Å²) in [6, 6.07) is 12.4. The second-order valence-corrected chi connectivity index (χ2v) is 4.22. The number of aliphatic hydroxyl groups excluding tert-OH is 1. The smallest absolute Gasteiger partial charge is 0.275 e. The topological polar surface area (TPSA) is 78.9 Å². The van der Waals surface area contributed by atoms with Gasteiger partial charge in [0.2, 0.25) is 0 Å². The third kappa shape index (κ3) is 2.29. The Hall–Kier alpha value is -2.95. The number of benzene rings is 1. The van der Waals surface area contributed by atoms with Crippen molar-refractivity contribution in [2.75, 3.05) is 0 Å². The summed E-state index contributed by atoms with van der Waals surface area (Å²) in [6.45, 7) is 0. The second-order valence-electron chi connectivity index (χ2n) is 4.22. The van der Waals surface area contributed by atoms with Gasteiger partial charge in [-0.2, -0.15) is 0 Å². The molecule has 20 heavy (non-hydrogen) atoms. The van der Waals surface area contributed by atoms with Gasteiger partial charge >= 0.3 is 0 Å². The molecule has 0 unspecified atom stereocenters. The molecule has 0 amide bonds. The molecule has 0 aliphatic heterocycles. The van der Waals surface area contributed by atoms with Crippen molar-refractivity contribution in [2.45, 2.75) is 0 Å². The number of aromatic amines is 1. The fourth-order valence-electron chi connectivity index (χ4n) is 1.86. The summed E-state index contributed by atoms with van der Waals surface area (Å²) in [7, 11) is 0.